The zero-order chi connectivity index (χ0) is 11.0. The van der Waals surface area contributed by atoms with Crippen molar-refractivity contribution >= 4 is 5.82 Å². The maximum absolute atomic E-state index is 5.46. The molecule has 1 saturated heterocycles. The fourth-order valence-electron chi connectivity index (χ4n) is 2.29. The van der Waals surface area contributed by atoms with E-state index in [1.807, 2.05) is 6.92 Å². The Hall–Kier alpha value is -1.20. The molecule has 0 radical (unpaired) electrons. The normalized spacial score (nSPS) is 19.9. The number of piperazine rings is 1. The van der Waals surface area contributed by atoms with Gasteiger partial charge >= 0.3 is 0 Å². The van der Waals surface area contributed by atoms with Crippen molar-refractivity contribution in [2.45, 2.75) is 20.1 Å². The summed E-state index contributed by atoms with van der Waals surface area (Å²) in [5, 5.41) is 3.35. The average molecular weight is 220 g/mol. The van der Waals surface area contributed by atoms with E-state index in [1.54, 1.807) is 0 Å². The predicted octanol–water partition coefficient (Wildman–Crippen LogP) is 0.225. The summed E-state index contributed by atoms with van der Waals surface area (Å²) in [6, 6.07) is 0. The van der Waals surface area contributed by atoms with Gasteiger partial charge in [-0.25, -0.2) is 9.97 Å². The fourth-order valence-corrected chi connectivity index (χ4v) is 2.29. The maximum Gasteiger partial charge on any atom is 0.138 e. The standard InChI is InChI=1S/C11H16N4O/c1-8-13-10-7-16-6-9(10)11(14-8)15-4-2-12-3-5-15/h12H,2-7H2,1H3. The van der Waals surface area contributed by atoms with E-state index >= 15 is 0 Å². The minimum Gasteiger partial charge on any atom is -0.370 e. The van der Waals surface area contributed by atoms with Crippen molar-refractivity contribution in [1.82, 2.24) is 15.3 Å². The third-order valence-electron chi connectivity index (χ3n) is 3.08. The minimum absolute atomic E-state index is 0.637. The van der Waals surface area contributed by atoms with Crippen molar-refractivity contribution in [2.24, 2.45) is 0 Å². The van der Waals surface area contributed by atoms with Gasteiger partial charge in [-0.05, 0) is 6.92 Å². The van der Waals surface area contributed by atoms with Crippen molar-refractivity contribution < 1.29 is 4.74 Å². The van der Waals surface area contributed by atoms with E-state index < -0.39 is 0 Å². The van der Waals surface area contributed by atoms with Gasteiger partial charge in [0.2, 0.25) is 0 Å². The SMILES string of the molecule is Cc1nc2c(c(N3CCNCC3)n1)COC2. The van der Waals surface area contributed by atoms with E-state index in [1.165, 1.54) is 5.56 Å². The predicted molar refractivity (Wildman–Crippen MR) is 60.3 cm³/mol. The lowest BCUT2D eigenvalue weighted by Gasteiger charge is -2.29. The molecule has 0 saturated carbocycles. The molecule has 1 fully saturated rings. The van der Waals surface area contributed by atoms with Crippen LogP contribution >= 0.6 is 0 Å². The Labute approximate surface area is 94.8 Å². The molecule has 3 heterocycles. The molecular weight excluding hydrogens is 204 g/mol. The molecule has 0 aromatic carbocycles. The molecule has 0 bridgehead atoms. The number of hydrogen-bond donors (Lipinski definition) is 1. The molecule has 1 N–H and O–H groups in total. The second-order valence-corrected chi connectivity index (χ2v) is 4.25. The maximum atomic E-state index is 5.46. The molecule has 5 heteroatoms. The van der Waals surface area contributed by atoms with E-state index in [9.17, 15) is 0 Å². The molecule has 2 aliphatic heterocycles. The van der Waals surface area contributed by atoms with Crippen molar-refractivity contribution in [2.75, 3.05) is 31.1 Å². The van der Waals surface area contributed by atoms with Crippen LogP contribution in [0.5, 0.6) is 0 Å². The Morgan fingerprint density at radius 1 is 1.19 bits per heavy atom. The van der Waals surface area contributed by atoms with E-state index in [4.69, 9.17) is 4.74 Å². The first-order valence-electron chi connectivity index (χ1n) is 5.74. The summed E-state index contributed by atoms with van der Waals surface area (Å²) in [6.07, 6.45) is 0. The molecule has 1 aromatic rings. The Bertz CT molecular complexity index is 401. The number of nitrogens with one attached hydrogen (secondary N) is 1. The van der Waals surface area contributed by atoms with Gasteiger partial charge in [0.15, 0.2) is 0 Å². The Kier molecular flexibility index (Phi) is 2.49. The lowest BCUT2D eigenvalue weighted by Crippen LogP contribution is -2.44. The summed E-state index contributed by atoms with van der Waals surface area (Å²) < 4.78 is 5.46. The Morgan fingerprint density at radius 2 is 2.00 bits per heavy atom. The quantitative estimate of drug-likeness (QED) is 0.734. The van der Waals surface area contributed by atoms with Gasteiger partial charge in [-0.1, -0.05) is 0 Å². The average Bonchev–Trinajstić information content (AvgIpc) is 2.77. The van der Waals surface area contributed by atoms with Crippen LogP contribution in [0.3, 0.4) is 0 Å². The first-order valence-corrected chi connectivity index (χ1v) is 5.74. The fraction of sp³-hybridized carbons (Fsp3) is 0.636. The van der Waals surface area contributed by atoms with E-state index in [0.29, 0.717) is 13.2 Å². The van der Waals surface area contributed by atoms with E-state index in [-0.39, 0.29) is 0 Å². The van der Waals surface area contributed by atoms with Crippen LogP contribution in [0.15, 0.2) is 0 Å². The summed E-state index contributed by atoms with van der Waals surface area (Å²) >= 11 is 0. The summed E-state index contributed by atoms with van der Waals surface area (Å²) in [5.41, 5.74) is 2.26. The zero-order valence-corrected chi connectivity index (χ0v) is 9.49. The highest BCUT2D eigenvalue weighted by Crippen LogP contribution is 2.27. The van der Waals surface area contributed by atoms with Crippen LogP contribution in [-0.2, 0) is 18.0 Å². The summed E-state index contributed by atoms with van der Waals surface area (Å²) in [6.45, 7) is 7.33. The molecule has 0 spiro atoms. The molecule has 5 nitrogen and oxygen atoms in total. The lowest BCUT2D eigenvalue weighted by atomic mass is 10.2. The molecule has 3 rings (SSSR count). The van der Waals surface area contributed by atoms with Crippen LogP contribution < -0.4 is 10.2 Å². The monoisotopic (exact) mass is 220 g/mol. The number of rotatable bonds is 1. The van der Waals surface area contributed by atoms with Gasteiger partial charge in [0.05, 0.1) is 18.9 Å². The highest BCUT2D eigenvalue weighted by molar-refractivity contribution is 5.50. The second kappa shape index (κ2) is 3.99. The van der Waals surface area contributed by atoms with E-state index in [2.05, 4.69) is 20.2 Å². The summed E-state index contributed by atoms with van der Waals surface area (Å²) in [5.74, 6) is 1.93. The van der Waals surface area contributed by atoms with Gasteiger partial charge in [-0.2, -0.15) is 0 Å². The molecule has 0 aliphatic carbocycles. The largest absolute Gasteiger partial charge is 0.370 e. The first-order chi connectivity index (χ1) is 7.84. The van der Waals surface area contributed by atoms with Gasteiger partial charge in [0.1, 0.15) is 11.6 Å². The molecule has 0 atom stereocenters. The number of hydrogen-bond acceptors (Lipinski definition) is 5. The van der Waals surface area contributed by atoms with Crippen molar-refractivity contribution in [1.29, 1.82) is 0 Å². The third-order valence-corrected chi connectivity index (χ3v) is 3.08. The molecule has 0 amide bonds. The van der Waals surface area contributed by atoms with Crippen molar-refractivity contribution in [3.8, 4) is 0 Å². The van der Waals surface area contributed by atoms with Gasteiger partial charge in [0.25, 0.3) is 0 Å². The molecule has 86 valence electrons. The number of fused-ring (bicyclic) bond motifs is 1. The van der Waals surface area contributed by atoms with Crippen LogP contribution in [0, 0.1) is 6.92 Å². The highest BCUT2D eigenvalue weighted by atomic mass is 16.5. The highest BCUT2D eigenvalue weighted by Gasteiger charge is 2.23. The van der Waals surface area contributed by atoms with Crippen LogP contribution in [-0.4, -0.2) is 36.1 Å². The number of anilines is 1. The minimum atomic E-state index is 0.637. The Balaban J connectivity index is 1.99. The van der Waals surface area contributed by atoms with E-state index in [0.717, 1.165) is 43.5 Å². The van der Waals surface area contributed by atoms with Gasteiger partial charge < -0.3 is 15.0 Å². The summed E-state index contributed by atoms with van der Waals surface area (Å²) in [7, 11) is 0. The van der Waals surface area contributed by atoms with Crippen LogP contribution in [0.25, 0.3) is 0 Å². The molecule has 0 unspecified atom stereocenters. The van der Waals surface area contributed by atoms with Crippen molar-refractivity contribution in [3.05, 3.63) is 17.1 Å². The first kappa shape index (κ1) is 9.99. The molecular formula is C11H16N4O. The zero-order valence-electron chi connectivity index (χ0n) is 9.49. The number of ether oxygens (including phenoxy) is 1. The topological polar surface area (TPSA) is 50.3 Å². The third kappa shape index (κ3) is 1.66. The summed E-state index contributed by atoms with van der Waals surface area (Å²) in [4.78, 5) is 11.3. The number of aromatic nitrogens is 2. The Morgan fingerprint density at radius 3 is 2.81 bits per heavy atom. The van der Waals surface area contributed by atoms with Gasteiger partial charge in [0, 0.05) is 31.7 Å². The van der Waals surface area contributed by atoms with Crippen LogP contribution in [0.2, 0.25) is 0 Å². The van der Waals surface area contributed by atoms with Crippen LogP contribution in [0.1, 0.15) is 17.1 Å². The van der Waals surface area contributed by atoms with Crippen molar-refractivity contribution in [3.63, 3.8) is 0 Å². The lowest BCUT2D eigenvalue weighted by molar-refractivity contribution is 0.133. The van der Waals surface area contributed by atoms with Crippen LogP contribution in [0.4, 0.5) is 5.82 Å². The smallest absolute Gasteiger partial charge is 0.138 e. The molecule has 16 heavy (non-hydrogen) atoms. The van der Waals surface area contributed by atoms with Gasteiger partial charge in [-0.15, -0.1) is 0 Å². The molecule has 2 aliphatic rings. The van der Waals surface area contributed by atoms with Gasteiger partial charge in [-0.3, -0.25) is 0 Å². The number of aryl methyl sites for hydroxylation is 1. The molecule has 1 aromatic heterocycles. The number of nitrogens with zero attached hydrogens (tertiary/aromatic N) is 3. The second-order valence-electron chi connectivity index (χ2n) is 4.25.